The molecule has 33 heavy (non-hydrogen) atoms. The van der Waals surface area contributed by atoms with Gasteiger partial charge in [-0.15, -0.1) is 0 Å². The Balaban J connectivity index is 0.000000311. The molecule has 0 atom stereocenters. The van der Waals surface area contributed by atoms with Crippen LogP contribution in [0.3, 0.4) is 0 Å². The van der Waals surface area contributed by atoms with Crippen LogP contribution in [0.15, 0.2) is 76.5 Å². The third-order valence-corrected chi connectivity index (χ3v) is 6.49. The topological polar surface area (TPSA) is 20.2 Å². The molecule has 3 aromatic rings. The summed E-state index contributed by atoms with van der Waals surface area (Å²) < 4.78 is 0. The van der Waals surface area contributed by atoms with Crippen LogP contribution < -0.4 is 0 Å². The number of phenols is 1. The Bertz CT molecular complexity index is 976. The van der Waals surface area contributed by atoms with E-state index in [1.54, 1.807) is 0 Å². The van der Waals surface area contributed by atoms with Crippen molar-refractivity contribution in [3.05, 3.63) is 89.0 Å². The molecule has 0 unspecified atom stereocenters. The molecular formula is C31H44OS. The van der Waals surface area contributed by atoms with Crippen molar-refractivity contribution in [3.8, 4) is 5.75 Å². The molecule has 0 amide bonds. The van der Waals surface area contributed by atoms with E-state index in [0.29, 0.717) is 5.75 Å². The number of aryl methyl sites for hydroxylation is 2. The molecule has 0 radical (unpaired) electrons. The van der Waals surface area contributed by atoms with E-state index in [2.05, 4.69) is 116 Å². The van der Waals surface area contributed by atoms with Crippen molar-refractivity contribution in [2.45, 2.75) is 96.3 Å². The lowest BCUT2D eigenvalue weighted by Gasteiger charge is -2.27. The van der Waals surface area contributed by atoms with Crippen LogP contribution in [0.2, 0.25) is 0 Å². The zero-order valence-corrected chi connectivity index (χ0v) is 23.2. The van der Waals surface area contributed by atoms with Gasteiger partial charge in [-0.1, -0.05) is 123 Å². The summed E-state index contributed by atoms with van der Waals surface area (Å²) in [5.74, 6) is 0.480. The van der Waals surface area contributed by atoms with E-state index in [4.69, 9.17) is 0 Å². The number of hydrogen-bond donors (Lipinski definition) is 1. The Morgan fingerprint density at radius 3 is 1.79 bits per heavy atom. The second-order valence-electron chi connectivity index (χ2n) is 10.1. The molecule has 0 aromatic heterocycles. The van der Waals surface area contributed by atoms with Gasteiger partial charge in [-0.2, -0.15) is 0 Å². The fraction of sp³-hybridized carbons (Fsp3) is 0.419. The van der Waals surface area contributed by atoms with Gasteiger partial charge in [-0.05, 0) is 64.6 Å². The zero-order valence-electron chi connectivity index (χ0n) is 22.4. The fourth-order valence-electron chi connectivity index (χ4n) is 3.26. The third kappa shape index (κ3) is 8.93. The predicted octanol–water partition coefficient (Wildman–Crippen LogP) is 9.72. The van der Waals surface area contributed by atoms with Gasteiger partial charge in [0.05, 0.1) is 0 Å². The van der Waals surface area contributed by atoms with Crippen LogP contribution in [-0.2, 0) is 17.3 Å². The zero-order chi connectivity index (χ0) is 25.2. The van der Waals surface area contributed by atoms with Gasteiger partial charge in [0.15, 0.2) is 0 Å². The van der Waals surface area contributed by atoms with E-state index < -0.39 is 0 Å². The number of aromatic hydroxyl groups is 1. The Kier molecular flexibility index (Phi) is 11.3. The molecule has 1 N–H and O–H groups in total. The molecule has 0 saturated heterocycles. The average Bonchev–Trinajstić information content (AvgIpc) is 2.76. The summed E-state index contributed by atoms with van der Waals surface area (Å²) in [6.07, 6.45) is 0.874. The van der Waals surface area contributed by atoms with Crippen LogP contribution in [0.5, 0.6) is 5.75 Å². The van der Waals surface area contributed by atoms with E-state index in [9.17, 15) is 5.11 Å². The number of hydrogen-bond acceptors (Lipinski definition) is 2. The maximum atomic E-state index is 10.3. The van der Waals surface area contributed by atoms with E-state index in [1.807, 2.05) is 31.7 Å². The monoisotopic (exact) mass is 464 g/mol. The maximum Gasteiger partial charge on any atom is 0.122 e. The summed E-state index contributed by atoms with van der Waals surface area (Å²) in [6, 6.07) is 23.2. The van der Waals surface area contributed by atoms with Crippen molar-refractivity contribution in [1.82, 2.24) is 0 Å². The number of phenolic OH excluding ortho intramolecular Hbond substituents is 1. The van der Waals surface area contributed by atoms with Gasteiger partial charge in [-0.25, -0.2) is 0 Å². The first-order valence-corrected chi connectivity index (χ1v) is 12.9. The number of benzene rings is 3. The Hall–Kier alpha value is -2.19. The van der Waals surface area contributed by atoms with Gasteiger partial charge in [0.25, 0.3) is 0 Å². The molecule has 3 rings (SSSR count). The molecule has 0 aliphatic rings. The molecule has 3 aromatic carbocycles. The van der Waals surface area contributed by atoms with Crippen molar-refractivity contribution in [2.75, 3.05) is 0 Å². The molecule has 2 heteroatoms. The average molecular weight is 465 g/mol. The SMILES string of the molecule is CC.CCc1cc(C(C)(C)C)cc(C(C)(C)C)c1O.Cc1ccccc1Sc1ccccc1. The molecule has 0 fully saturated rings. The molecular weight excluding hydrogens is 420 g/mol. The van der Waals surface area contributed by atoms with E-state index in [-0.39, 0.29) is 10.8 Å². The maximum absolute atomic E-state index is 10.3. The van der Waals surface area contributed by atoms with Gasteiger partial charge in [0.1, 0.15) is 5.75 Å². The Morgan fingerprint density at radius 2 is 1.30 bits per heavy atom. The first-order valence-electron chi connectivity index (χ1n) is 12.1. The highest BCUT2D eigenvalue weighted by atomic mass is 32.2. The van der Waals surface area contributed by atoms with Crippen LogP contribution in [0.25, 0.3) is 0 Å². The molecule has 0 aliphatic carbocycles. The van der Waals surface area contributed by atoms with Gasteiger partial charge in [0, 0.05) is 9.79 Å². The predicted molar refractivity (Wildman–Crippen MR) is 148 cm³/mol. The lowest BCUT2D eigenvalue weighted by Crippen LogP contribution is -2.17. The Morgan fingerprint density at radius 1 is 0.758 bits per heavy atom. The van der Waals surface area contributed by atoms with Gasteiger partial charge in [0.2, 0.25) is 0 Å². The molecule has 180 valence electrons. The molecule has 0 bridgehead atoms. The second-order valence-corrected chi connectivity index (χ2v) is 11.2. The summed E-state index contributed by atoms with van der Waals surface area (Å²) in [7, 11) is 0. The molecule has 0 spiro atoms. The van der Waals surface area contributed by atoms with Crippen LogP contribution in [0.1, 0.15) is 84.6 Å². The van der Waals surface area contributed by atoms with Crippen molar-refractivity contribution in [3.63, 3.8) is 0 Å². The van der Waals surface area contributed by atoms with E-state index in [0.717, 1.165) is 17.5 Å². The van der Waals surface area contributed by atoms with E-state index >= 15 is 0 Å². The third-order valence-electron chi connectivity index (χ3n) is 5.31. The fourth-order valence-corrected chi connectivity index (χ4v) is 4.18. The Labute approximate surface area is 207 Å². The standard InChI is InChI=1S/C16H26O.C13H12S.C2H6/c1-8-11-9-12(15(2,3)4)10-13(14(11)17)16(5,6)7;1-11-7-5-6-10-13(11)14-12-8-3-2-4-9-12;1-2/h9-10,17H,8H2,1-7H3;2-10H,1H3;1-2H3. The lowest BCUT2D eigenvalue weighted by atomic mass is 9.78. The molecule has 1 nitrogen and oxygen atoms in total. The number of rotatable bonds is 3. The smallest absolute Gasteiger partial charge is 0.122 e. The second kappa shape index (κ2) is 12.9. The van der Waals surface area contributed by atoms with Crippen molar-refractivity contribution < 1.29 is 5.11 Å². The quantitative estimate of drug-likeness (QED) is 0.416. The summed E-state index contributed by atoms with van der Waals surface area (Å²) in [4.78, 5) is 2.63. The minimum atomic E-state index is -0.0186. The van der Waals surface area contributed by atoms with Crippen molar-refractivity contribution >= 4 is 11.8 Å². The lowest BCUT2D eigenvalue weighted by molar-refractivity contribution is 0.438. The minimum Gasteiger partial charge on any atom is -0.507 e. The van der Waals surface area contributed by atoms with Crippen molar-refractivity contribution in [2.24, 2.45) is 0 Å². The van der Waals surface area contributed by atoms with Crippen LogP contribution >= 0.6 is 11.8 Å². The molecule has 0 saturated carbocycles. The summed E-state index contributed by atoms with van der Waals surface area (Å²) in [5.41, 5.74) is 4.86. The largest absolute Gasteiger partial charge is 0.507 e. The first kappa shape index (κ1) is 28.8. The molecule has 0 aliphatic heterocycles. The normalized spacial score (nSPS) is 11.1. The van der Waals surface area contributed by atoms with E-state index in [1.165, 1.54) is 20.9 Å². The van der Waals surface area contributed by atoms with Crippen molar-refractivity contribution in [1.29, 1.82) is 0 Å². The highest BCUT2D eigenvalue weighted by Crippen LogP contribution is 2.37. The van der Waals surface area contributed by atoms with Gasteiger partial charge >= 0.3 is 0 Å². The van der Waals surface area contributed by atoms with Crippen LogP contribution in [0.4, 0.5) is 0 Å². The van der Waals surface area contributed by atoms with Gasteiger partial charge < -0.3 is 5.11 Å². The highest BCUT2D eigenvalue weighted by Gasteiger charge is 2.24. The minimum absolute atomic E-state index is 0.0186. The molecule has 0 heterocycles. The summed E-state index contributed by atoms with van der Waals surface area (Å²) in [6.45, 7) is 21.3. The van der Waals surface area contributed by atoms with Crippen LogP contribution in [-0.4, -0.2) is 5.11 Å². The van der Waals surface area contributed by atoms with Gasteiger partial charge in [-0.3, -0.25) is 0 Å². The summed E-state index contributed by atoms with van der Waals surface area (Å²) >= 11 is 1.81. The summed E-state index contributed by atoms with van der Waals surface area (Å²) in [5, 5.41) is 10.3. The first-order chi connectivity index (χ1) is 15.4. The highest BCUT2D eigenvalue weighted by molar-refractivity contribution is 7.99. The van der Waals surface area contributed by atoms with Crippen LogP contribution in [0, 0.1) is 6.92 Å².